The average Bonchev–Trinajstić information content (AvgIpc) is 2.78. The van der Waals surface area contributed by atoms with Crippen LogP contribution < -0.4 is 4.74 Å². The number of nitrogens with zero attached hydrogens (tertiary/aromatic N) is 4. The summed E-state index contributed by atoms with van der Waals surface area (Å²) in [4.78, 5) is 37.8. The molecule has 0 N–H and O–H groups in total. The van der Waals surface area contributed by atoms with E-state index in [-0.39, 0.29) is 17.9 Å². The Morgan fingerprint density at radius 1 is 1.31 bits per heavy atom. The molecular formula is C22H28N4O3. The monoisotopic (exact) mass is 396 g/mol. The van der Waals surface area contributed by atoms with Crippen LogP contribution in [-0.2, 0) is 6.42 Å². The van der Waals surface area contributed by atoms with Crippen molar-refractivity contribution >= 4 is 11.8 Å². The normalized spacial score (nSPS) is 16.4. The molecule has 0 radical (unpaired) electrons. The molecule has 1 saturated heterocycles. The number of likely N-dealkylation sites (N-methyl/N-ethyl adjacent to an activating group) is 1. The van der Waals surface area contributed by atoms with Crippen LogP contribution in [0.15, 0.2) is 36.8 Å². The predicted octanol–water partition coefficient (Wildman–Crippen LogP) is 2.81. The van der Waals surface area contributed by atoms with Gasteiger partial charge in [0.1, 0.15) is 12.1 Å². The largest absolute Gasteiger partial charge is 0.494 e. The van der Waals surface area contributed by atoms with E-state index < -0.39 is 0 Å². The maximum absolute atomic E-state index is 13.0. The number of amides is 2. The van der Waals surface area contributed by atoms with Crippen LogP contribution in [0.3, 0.4) is 0 Å². The molecule has 7 heteroatoms. The highest BCUT2D eigenvalue weighted by Crippen LogP contribution is 2.21. The molecule has 1 unspecified atom stereocenters. The third kappa shape index (κ3) is 4.72. The lowest BCUT2D eigenvalue weighted by Gasteiger charge is -2.37. The van der Waals surface area contributed by atoms with E-state index in [0.717, 1.165) is 18.5 Å². The molecule has 154 valence electrons. The van der Waals surface area contributed by atoms with Crippen LogP contribution >= 0.6 is 0 Å². The number of likely N-dealkylation sites (tertiary alicyclic amines) is 1. The van der Waals surface area contributed by atoms with Crippen molar-refractivity contribution in [2.45, 2.75) is 39.2 Å². The van der Waals surface area contributed by atoms with Crippen molar-refractivity contribution in [1.29, 1.82) is 0 Å². The first-order valence-corrected chi connectivity index (χ1v) is 10.1. The van der Waals surface area contributed by atoms with E-state index in [2.05, 4.69) is 9.97 Å². The van der Waals surface area contributed by atoms with Gasteiger partial charge in [-0.2, -0.15) is 0 Å². The lowest BCUT2D eigenvalue weighted by atomic mass is 10.0. The van der Waals surface area contributed by atoms with Crippen molar-refractivity contribution in [2.24, 2.45) is 0 Å². The average molecular weight is 396 g/mol. The van der Waals surface area contributed by atoms with Gasteiger partial charge in [-0.05, 0) is 44.4 Å². The Hall–Kier alpha value is -2.96. The fourth-order valence-corrected chi connectivity index (χ4v) is 3.69. The molecule has 0 saturated carbocycles. The quantitative estimate of drug-likeness (QED) is 0.751. The highest BCUT2D eigenvalue weighted by molar-refractivity contribution is 5.96. The molecule has 0 spiro atoms. The number of hydrogen-bond acceptors (Lipinski definition) is 5. The van der Waals surface area contributed by atoms with E-state index in [1.807, 2.05) is 30.9 Å². The molecule has 3 rings (SSSR count). The molecule has 1 aromatic heterocycles. The van der Waals surface area contributed by atoms with Crippen molar-refractivity contribution in [1.82, 2.24) is 19.8 Å². The minimum absolute atomic E-state index is 0.0330. The van der Waals surface area contributed by atoms with Gasteiger partial charge in [-0.15, -0.1) is 0 Å². The van der Waals surface area contributed by atoms with Gasteiger partial charge < -0.3 is 14.5 Å². The second kappa shape index (κ2) is 9.49. The number of carbonyl (C=O) groups is 2. The summed E-state index contributed by atoms with van der Waals surface area (Å²) >= 11 is 0. The summed E-state index contributed by atoms with van der Waals surface area (Å²) in [5.74, 6) is 0.560. The van der Waals surface area contributed by atoms with E-state index in [1.54, 1.807) is 30.3 Å². The van der Waals surface area contributed by atoms with E-state index >= 15 is 0 Å². The Morgan fingerprint density at radius 2 is 2.14 bits per heavy atom. The fraction of sp³-hybridized carbons (Fsp3) is 0.455. The molecule has 2 amide bonds. The number of ether oxygens (including phenoxy) is 1. The first kappa shape index (κ1) is 20.8. The van der Waals surface area contributed by atoms with E-state index in [1.165, 1.54) is 6.33 Å². The Balaban J connectivity index is 1.72. The molecule has 1 fully saturated rings. The summed E-state index contributed by atoms with van der Waals surface area (Å²) in [6.07, 6.45) is 5.43. The highest BCUT2D eigenvalue weighted by Gasteiger charge is 2.30. The SMILES string of the molecule is CCOc1cccc(C(=O)N2CCCC(N(C)C(=O)c3cncnc3CC)C2)c1. The number of aryl methyl sites for hydroxylation is 1. The van der Waals surface area contributed by atoms with E-state index in [9.17, 15) is 9.59 Å². The van der Waals surface area contributed by atoms with Gasteiger partial charge in [0.15, 0.2) is 0 Å². The Morgan fingerprint density at radius 3 is 2.90 bits per heavy atom. The maximum Gasteiger partial charge on any atom is 0.257 e. The van der Waals surface area contributed by atoms with Gasteiger partial charge in [0.25, 0.3) is 11.8 Å². The van der Waals surface area contributed by atoms with Crippen LogP contribution in [0.1, 0.15) is 53.1 Å². The molecule has 1 atom stereocenters. The molecule has 1 aliphatic heterocycles. The minimum atomic E-state index is -0.0971. The third-order valence-corrected chi connectivity index (χ3v) is 5.30. The summed E-state index contributed by atoms with van der Waals surface area (Å²) in [5, 5.41) is 0. The zero-order valence-electron chi connectivity index (χ0n) is 17.3. The zero-order valence-corrected chi connectivity index (χ0v) is 17.3. The standard InChI is InChI=1S/C22H28N4O3/c1-4-20-19(13-23-15-24-20)22(28)25(3)17-9-7-11-26(14-17)21(27)16-8-6-10-18(12-16)29-5-2/h6,8,10,12-13,15,17H,4-5,7,9,11,14H2,1-3H3. The second-order valence-electron chi connectivity index (χ2n) is 7.16. The van der Waals surface area contributed by atoms with Crippen LogP contribution in [0.5, 0.6) is 5.75 Å². The summed E-state index contributed by atoms with van der Waals surface area (Å²) in [6.45, 7) is 5.63. The van der Waals surface area contributed by atoms with E-state index in [4.69, 9.17) is 4.74 Å². The molecule has 7 nitrogen and oxygen atoms in total. The Kier molecular flexibility index (Phi) is 6.80. The van der Waals surface area contributed by atoms with Crippen molar-refractivity contribution in [3.63, 3.8) is 0 Å². The van der Waals surface area contributed by atoms with Crippen LogP contribution in [0.2, 0.25) is 0 Å². The molecule has 0 aliphatic carbocycles. The van der Waals surface area contributed by atoms with Gasteiger partial charge in [0.2, 0.25) is 0 Å². The number of aromatic nitrogens is 2. The summed E-state index contributed by atoms with van der Waals surface area (Å²) in [6, 6.07) is 7.22. The lowest BCUT2D eigenvalue weighted by molar-refractivity contribution is 0.0520. The summed E-state index contributed by atoms with van der Waals surface area (Å²) < 4.78 is 5.51. The number of benzene rings is 1. The van der Waals surface area contributed by atoms with Crippen LogP contribution in [-0.4, -0.2) is 64.4 Å². The molecule has 29 heavy (non-hydrogen) atoms. The van der Waals surface area contributed by atoms with Gasteiger partial charge in [0.05, 0.1) is 17.9 Å². The number of rotatable bonds is 6. The van der Waals surface area contributed by atoms with Gasteiger partial charge in [-0.3, -0.25) is 9.59 Å². The van der Waals surface area contributed by atoms with Crippen LogP contribution in [0.25, 0.3) is 0 Å². The lowest BCUT2D eigenvalue weighted by Crippen LogP contribution is -2.50. The molecule has 0 bridgehead atoms. The van der Waals surface area contributed by atoms with Gasteiger partial charge in [0, 0.05) is 37.9 Å². The van der Waals surface area contributed by atoms with E-state index in [0.29, 0.717) is 43.0 Å². The van der Waals surface area contributed by atoms with Gasteiger partial charge in [-0.25, -0.2) is 9.97 Å². The van der Waals surface area contributed by atoms with Crippen molar-refractivity contribution in [3.8, 4) is 5.75 Å². The number of hydrogen-bond donors (Lipinski definition) is 0. The predicted molar refractivity (Wildman–Crippen MR) is 110 cm³/mol. The molecule has 2 heterocycles. The Labute approximate surface area is 171 Å². The smallest absolute Gasteiger partial charge is 0.257 e. The molecular weight excluding hydrogens is 368 g/mol. The number of piperidine rings is 1. The topological polar surface area (TPSA) is 75.6 Å². The van der Waals surface area contributed by atoms with Crippen molar-refractivity contribution in [2.75, 3.05) is 26.7 Å². The minimum Gasteiger partial charge on any atom is -0.494 e. The maximum atomic E-state index is 13.0. The van der Waals surface area contributed by atoms with Crippen molar-refractivity contribution < 1.29 is 14.3 Å². The van der Waals surface area contributed by atoms with Crippen molar-refractivity contribution in [3.05, 3.63) is 53.6 Å². The molecule has 1 aromatic carbocycles. The first-order chi connectivity index (χ1) is 14.0. The van der Waals surface area contributed by atoms with Crippen LogP contribution in [0.4, 0.5) is 0 Å². The van der Waals surface area contributed by atoms with Crippen LogP contribution in [0, 0.1) is 0 Å². The van der Waals surface area contributed by atoms with Gasteiger partial charge in [-0.1, -0.05) is 13.0 Å². The summed E-state index contributed by atoms with van der Waals surface area (Å²) in [7, 11) is 1.79. The molecule has 1 aliphatic rings. The zero-order chi connectivity index (χ0) is 20.8. The third-order valence-electron chi connectivity index (χ3n) is 5.30. The second-order valence-corrected chi connectivity index (χ2v) is 7.16. The Bertz CT molecular complexity index is 871. The molecule has 2 aromatic rings. The summed E-state index contributed by atoms with van der Waals surface area (Å²) in [5.41, 5.74) is 1.88. The number of carbonyl (C=O) groups excluding carboxylic acids is 2. The fourth-order valence-electron chi connectivity index (χ4n) is 3.69. The first-order valence-electron chi connectivity index (χ1n) is 10.1. The van der Waals surface area contributed by atoms with Gasteiger partial charge >= 0.3 is 0 Å². The highest BCUT2D eigenvalue weighted by atomic mass is 16.5.